The highest BCUT2D eigenvalue weighted by molar-refractivity contribution is 7.98. The molecule has 0 radical (unpaired) electrons. The molecular weight excluding hydrogens is 164 g/mol. The predicted octanol–water partition coefficient (Wildman–Crippen LogP) is 3.03. The van der Waals surface area contributed by atoms with E-state index in [2.05, 4.69) is 12.5 Å². The van der Waals surface area contributed by atoms with Crippen molar-refractivity contribution in [3.8, 4) is 12.3 Å². The Kier molecular flexibility index (Phi) is 3.01. The third-order valence-electron chi connectivity index (χ3n) is 1.64. The SMILES string of the molecule is C#Cc1c(C=C)cccc1SC. The summed E-state index contributed by atoms with van der Waals surface area (Å²) >= 11 is 1.66. The predicted molar refractivity (Wildman–Crippen MR) is 56.2 cm³/mol. The molecule has 0 unspecified atom stereocenters. The van der Waals surface area contributed by atoms with Crippen LogP contribution < -0.4 is 0 Å². The van der Waals surface area contributed by atoms with Gasteiger partial charge < -0.3 is 0 Å². The van der Waals surface area contributed by atoms with Gasteiger partial charge in [0.15, 0.2) is 0 Å². The van der Waals surface area contributed by atoms with Crippen molar-refractivity contribution in [3.05, 3.63) is 35.9 Å². The minimum absolute atomic E-state index is 0.944. The second kappa shape index (κ2) is 4.04. The Hall–Kier alpha value is -1.13. The van der Waals surface area contributed by atoms with Crippen molar-refractivity contribution in [2.75, 3.05) is 6.26 Å². The summed E-state index contributed by atoms with van der Waals surface area (Å²) < 4.78 is 0. The molecule has 0 N–H and O–H groups in total. The average Bonchev–Trinajstić information content (AvgIpc) is 2.16. The molecule has 0 spiro atoms. The molecule has 1 aromatic rings. The van der Waals surface area contributed by atoms with Crippen LogP contribution in [0.4, 0.5) is 0 Å². The first-order chi connectivity index (χ1) is 5.83. The Balaban J connectivity index is 3.34. The van der Waals surface area contributed by atoms with Gasteiger partial charge in [-0.05, 0) is 17.9 Å². The van der Waals surface area contributed by atoms with Gasteiger partial charge in [0.25, 0.3) is 0 Å². The fourth-order valence-electron chi connectivity index (χ4n) is 1.04. The Bertz CT molecular complexity index is 331. The number of thioether (sulfide) groups is 1. The van der Waals surface area contributed by atoms with Gasteiger partial charge >= 0.3 is 0 Å². The molecule has 1 rings (SSSR count). The van der Waals surface area contributed by atoms with Crippen LogP contribution in [0.25, 0.3) is 6.08 Å². The van der Waals surface area contributed by atoms with Crippen molar-refractivity contribution >= 4 is 17.8 Å². The van der Waals surface area contributed by atoms with Crippen LogP contribution in [-0.2, 0) is 0 Å². The van der Waals surface area contributed by atoms with Crippen LogP contribution in [-0.4, -0.2) is 6.26 Å². The van der Waals surface area contributed by atoms with Crippen LogP contribution in [0.5, 0.6) is 0 Å². The number of hydrogen-bond acceptors (Lipinski definition) is 1. The van der Waals surface area contributed by atoms with E-state index in [4.69, 9.17) is 6.42 Å². The van der Waals surface area contributed by atoms with Gasteiger partial charge in [-0.3, -0.25) is 0 Å². The zero-order chi connectivity index (χ0) is 8.97. The van der Waals surface area contributed by atoms with Crippen LogP contribution in [0.15, 0.2) is 29.7 Å². The van der Waals surface area contributed by atoms with E-state index in [0.717, 1.165) is 16.0 Å². The lowest BCUT2D eigenvalue weighted by Crippen LogP contribution is -1.84. The van der Waals surface area contributed by atoms with Gasteiger partial charge in [0, 0.05) is 10.5 Å². The molecule has 1 aromatic carbocycles. The summed E-state index contributed by atoms with van der Waals surface area (Å²) in [4.78, 5) is 1.13. The molecule has 0 fully saturated rings. The van der Waals surface area contributed by atoms with Gasteiger partial charge in [-0.15, -0.1) is 18.2 Å². The molecule has 0 nitrogen and oxygen atoms in total. The summed E-state index contributed by atoms with van der Waals surface area (Å²) in [5.41, 5.74) is 1.98. The standard InChI is InChI=1S/C11H10S/c1-4-9-7-6-8-11(12-3)10(9)5-2/h2,4,6-8H,1H2,3H3. The van der Waals surface area contributed by atoms with Crippen molar-refractivity contribution in [1.29, 1.82) is 0 Å². The fourth-order valence-corrected chi connectivity index (χ4v) is 1.64. The van der Waals surface area contributed by atoms with Gasteiger partial charge in [-0.25, -0.2) is 0 Å². The smallest absolute Gasteiger partial charge is 0.0450 e. The number of rotatable bonds is 2. The number of terminal acetylenes is 1. The first-order valence-electron chi connectivity index (χ1n) is 3.59. The van der Waals surface area contributed by atoms with Crippen LogP contribution in [0.3, 0.4) is 0 Å². The normalized spacial score (nSPS) is 9.00. The third-order valence-corrected chi connectivity index (χ3v) is 2.42. The molecule has 0 amide bonds. The van der Waals surface area contributed by atoms with Gasteiger partial charge in [0.2, 0.25) is 0 Å². The highest BCUT2D eigenvalue weighted by atomic mass is 32.2. The van der Waals surface area contributed by atoms with Crippen molar-refractivity contribution < 1.29 is 0 Å². The molecule has 0 atom stereocenters. The third kappa shape index (κ3) is 1.54. The summed E-state index contributed by atoms with van der Waals surface area (Å²) in [6.07, 6.45) is 9.20. The molecular formula is C11H10S. The molecule has 0 saturated heterocycles. The Morgan fingerprint density at radius 3 is 2.83 bits per heavy atom. The van der Waals surface area contributed by atoms with Gasteiger partial charge in [0.1, 0.15) is 0 Å². The molecule has 60 valence electrons. The second-order valence-corrected chi connectivity index (χ2v) is 3.12. The van der Waals surface area contributed by atoms with Crippen molar-refractivity contribution in [2.45, 2.75) is 4.90 Å². The highest BCUT2D eigenvalue weighted by Gasteiger charge is 2.00. The van der Waals surface area contributed by atoms with E-state index in [1.54, 1.807) is 17.8 Å². The summed E-state index contributed by atoms with van der Waals surface area (Å²) in [5.74, 6) is 2.67. The lowest BCUT2D eigenvalue weighted by Gasteiger charge is -2.03. The van der Waals surface area contributed by atoms with E-state index < -0.39 is 0 Å². The fraction of sp³-hybridized carbons (Fsp3) is 0.0909. The van der Waals surface area contributed by atoms with Crippen LogP contribution in [0.2, 0.25) is 0 Å². The maximum absolute atomic E-state index is 5.39. The second-order valence-electron chi connectivity index (χ2n) is 2.27. The molecule has 0 aliphatic carbocycles. The molecule has 0 heterocycles. The number of benzene rings is 1. The monoisotopic (exact) mass is 174 g/mol. The first kappa shape index (κ1) is 8.96. The van der Waals surface area contributed by atoms with E-state index in [1.165, 1.54) is 0 Å². The van der Waals surface area contributed by atoms with E-state index >= 15 is 0 Å². The van der Waals surface area contributed by atoms with E-state index in [-0.39, 0.29) is 0 Å². The zero-order valence-electron chi connectivity index (χ0n) is 7.00. The van der Waals surface area contributed by atoms with Gasteiger partial charge in [-0.2, -0.15) is 0 Å². The molecule has 0 bridgehead atoms. The average molecular weight is 174 g/mol. The molecule has 0 saturated carbocycles. The van der Waals surface area contributed by atoms with Crippen LogP contribution >= 0.6 is 11.8 Å². The quantitative estimate of drug-likeness (QED) is 0.490. The maximum Gasteiger partial charge on any atom is 0.0450 e. The molecule has 0 aliphatic rings. The molecule has 0 aromatic heterocycles. The topological polar surface area (TPSA) is 0 Å². The molecule has 0 aliphatic heterocycles. The lowest BCUT2D eigenvalue weighted by molar-refractivity contribution is 1.40. The van der Waals surface area contributed by atoms with Crippen molar-refractivity contribution in [3.63, 3.8) is 0 Å². The summed E-state index contributed by atoms with van der Waals surface area (Å²) in [6.45, 7) is 3.71. The van der Waals surface area contributed by atoms with Gasteiger partial charge in [-0.1, -0.05) is 30.7 Å². The lowest BCUT2D eigenvalue weighted by atomic mass is 10.1. The van der Waals surface area contributed by atoms with E-state index in [1.807, 2.05) is 24.5 Å². The maximum atomic E-state index is 5.39. The molecule has 12 heavy (non-hydrogen) atoms. The largest absolute Gasteiger partial charge is 0.128 e. The van der Waals surface area contributed by atoms with E-state index in [9.17, 15) is 0 Å². The van der Waals surface area contributed by atoms with Crippen molar-refractivity contribution in [1.82, 2.24) is 0 Å². The Morgan fingerprint density at radius 1 is 1.58 bits per heavy atom. The van der Waals surface area contributed by atoms with Crippen molar-refractivity contribution in [2.24, 2.45) is 0 Å². The molecule has 1 heteroatoms. The number of hydrogen-bond donors (Lipinski definition) is 0. The zero-order valence-corrected chi connectivity index (χ0v) is 7.82. The first-order valence-corrected chi connectivity index (χ1v) is 4.82. The summed E-state index contributed by atoms with van der Waals surface area (Å²) in [7, 11) is 0. The Morgan fingerprint density at radius 2 is 2.33 bits per heavy atom. The summed E-state index contributed by atoms with van der Waals surface area (Å²) in [6, 6.07) is 5.98. The highest BCUT2D eigenvalue weighted by Crippen LogP contribution is 2.23. The van der Waals surface area contributed by atoms with Crippen LogP contribution in [0, 0.1) is 12.3 Å². The minimum atomic E-state index is 0.944. The Labute approximate surface area is 77.7 Å². The van der Waals surface area contributed by atoms with E-state index in [0.29, 0.717) is 0 Å². The van der Waals surface area contributed by atoms with Gasteiger partial charge in [0.05, 0.1) is 0 Å². The minimum Gasteiger partial charge on any atom is -0.128 e. The summed E-state index contributed by atoms with van der Waals surface area (Å²) in [5, 5.41) is 0. The van der Waals surface area contributed by atoms with Crippen LogP contribution in [0.1, 0.15) is 11.1 Å².